The number of thioether (sulfide) groups is 2. The van der Waals surface area contributed by atoms with Crippen LogP contribution >= 0.6 is 23.5 Å². The molecule has 1 unspecified atom stereocenters. The van der Waals surface area contributed by atoms with E-state index in [9.17, 15) is 0 Å². The lowest BCUT2D eigenvalue weighted by atomic mass is 9.87. The summed E-state index contributed by atoms with van der Waals surface area (Å²) in [5, 5.41) is 0. The molecule has 0 aromatic heterocycles. The Labute approximate surface area is 128 Å². The van der Waals surface area contributed by atoms with Gasteiger partial charge in [0.1, 0.15) is 0 Å². The predicted octanol–water partition coefficient (Wildman–Crippen LogP) is 5.87. The average molecular weight is 297 g/mol. The molecule has 0 aliphatic carbocycles. The Kier molecular flexibility index (Phi) is 6.32. The van der Waals surface area contributed by atoms with E-state index in [0.717, 1.165) is 6.42 Å². The SMILES string of the molecule is CCSC(SC(C)(C)C)C(C)(C)Cc1ccccc1. The predicted molar refractivity (Wildman–Crippen MR) is 93.2 cm³/mol. The Hall–Kier alpha value is -0.0800. The summed E-state index contributed by atoms with van der Waals surface area (Å²) in [6.07, 6.45) is 1.15. The van der Waals surface area contributed by atoms with Crippen molar-refractivity contribution in [2.75, 3.05) is 5.75 Å². The first kappa shape index (κ1) is 17.0. The molecule has 0 saturated carbocycles. The fourth-order valence-electron chi connectivity index (χ4n) is 2.10. The minimum atomic E-state index is 0.306. The van der Waals surface area contributed by atoms with Crippen LogP contribution in [0.3, 0.4) is 0 Å². The quantitative estimate of drug-likeness (QED) is 0.602. The van der Waals surface area contributed by atoms with Crippen LogP contribution in [-0.2, 0) is 6.42 Å². The molecule has 0 aliphatic heterocycles. The molecule has 1 aromatic carbocycles. The maximum atomic E-state index is 2.41. The summed E-state index contributed by atoms with van der Waals surface area (Å²) < 4.78 is 0.957. The molecule has 108 valence electrons. The van der Waals surface area contributed by atoms with Crippen molar-refractivity contribution in [3.8, 4) is 0 Å². The topological polar surface area (TPSA) is 0 Å². The molecule has 2 heteroatoms. The molecule has 0 heterocycles. The molecule has 1 rings (SSSR count). The first-order valence-electron chi connectivity index (χ1n) is 7.08. The Balaban J connectivity index is 2.80. The zero-order valence-corrected chi connectivity index (χ0v) is 14.8. The molecule has 1 atom stereocenters. The van der Waals surface area contributed by atoms with Crippen molar-refractivity contribution in [2.45, 2.75) is 57.3 Å². The number of hydrogen-bond acceptors (Lipinski definition) is 2. The van der Waals surface area contributed by atoms with Crippen molar-refractivity contribution in [3.05, 3.63) is 35.9 Å². The van der Waals surface area contributed by atoms with Gasteiger partial charge in [0.2, 0.25) is 0 Å². The fourth-order valence-corrected chi connectivity index (χ4v) is 5.53. The van der Waals surface area contributed by atoms with E-state index in [0.29, 0.717) is 14.7 Å². The van der Waals surface area contributed by atoms with Crippen molar-refractivity contribution in [3.63, 3.8) is 0 Å². The third kappa shape index (κ3) is 6.27. The lowest BCUT2D eigenvalue weighted by molar-refractivity contribution is 0.401. The van der Waals surface area contributed by atoms with Crippen molar-refractivity contribution >= 4 is 23.5 Å². The van der Waals surface area contributed by atoms with Crippen LogP contribution in [0.2, 0.25) is 0 Å². The van der Waals surface area contributed by atoms with Gasteiger partial charge in [-0.3, -0.25) is 0 Å². The maximum absolute atomic E-state index is 2.41. The van der Waals surface area contributed by atoms with Crippen LogP contribution in [0, 0.1) is 5.41 Å². The highest BCUT2D eigenvalue weighted by molar-refractivity contribution is 8.17. The molecular formula is C17H28S2. The van der Waals surface area contributed by atoms with Crippen LogP contribution in [0.4, 0.5) is 0 Å². The first-order valence-corrected chi connectivity index (χ1v) is 9.01. The van der Waals surface area contributed by atoms with Gasteiger partial charge in [-0.15, -0.1) is 23.5 Å². The van der Waals surface area contributed by atoms with Crippen LogP contribution in [0.5, 0.6) is 0 Å². The van der Waals surface area contributed by atoms with E-state index in [1.807, 2.05) is 0 Å². The highest BCUT2D eigenvalue weighted by Crippen LogP contribution is 2.45. The van der Waals surface area contributed by atoms with Gasteiger partial charge in [0.05, 0.1) is 4.58 Å². The van der Waals surface area contributed by atoms with Gasteiger partial charge in [-0.2, -0.15) is 0 Å². The van der Waals surface area contributed by atoms with E-state index in [1.165, 1.54) is 11.3 Å². The third-order valence-corrected chi connectivity index (χ3v) is 6.45. The fraction of sp³-hybridized carbons (Fsp3) is 0.647. The van der Waals surface area contributed by atoms with E-state index >= 15 is 0 Å². The third-order valence-electron chi connectivity index (χ3n) is 2.92. The number of benzene rings is 1. The van der Waals surface area contributed by atoms with Crippen LogP contribution in [0.25, 0.3) is 0 Å². The summed E-state index contributed by atoms with van der Waals surface area (Å²) in [6, 6.07) is 10.9. The van der Waals surface area contributed by atoms with Crippen molar-refractivity contribution < 1.29 is 0 Å². The molecular weight excluding hydrogens is 268 g/mol. The molecule has 0 saturated heterocycles. The standard InChI is InChI=1S/C17H28S2/c1-7-18-15(19-16(2,3)4)17(5,6)13-14-11-9-8-10-12-14/h8-12,15H,7,13H2,1-6H3. The van der Waals surface area contributed by atoms with E-state index < -0.39 is 0 Å². The average Bonchev–Trinajstić information content (AvgIpc) is 2.27. The van der Waals surface area contributed by atoms with Gasteiger partial charge in [-0.25, -0.2) is 0 Å². The largest absolute Gasteiger partial charge is 0.147 e. The molecule has 1 aromatic rings. The molecule has 0 radical (unpaired) electrons. The lowest BCUT2D eigenvalue weighted by Crippen LogP contribution is -2.30. The van der Waals surface area contributed by atoms with E-state index in [-0.39, 0.29) is 0 Å². The summed E-state index contributed by atoms with van der Waals surface area (Å²) >= 11 is 4.21. The Bertz CT molecular complexity index is 363. The highest BCUT2D eigenvalue weighted by atomic mass is 32.2. The second-order valence-corrected chi connectivity index (χ2v) is 10.3. The van der Waals surface area contributed by atoms with Gasteiger partial charge in [0.25, 0.3) is 0 Å². The Morgan fingerprint density at radius 3 is 2.05 bits per heavy atom. The summed E-state index contributed by atoms with van der Waals surface area (Å²) in [4.78, 5) is 0. The van der Waals surface area contributed by atoms with Gasteiger partial charge >= 0.3 is 0 Å². The summed E-state index contributed by atoms with van der Waals surface area (Å²) in [7, 11) is 0. The van der Waals surface area contributed by atoms with Gasteiger partial charge in [-0.1, -0.05) is 71.9 Å². The summed E-state index contributed by atoms with van der Waals surface area (Å²) in [5.74, 6) is 1.19. The highest BCUT2D eigenvalue weighted by Gasteiger charge is 2.33. The number of rotatable bonds is 6. The van der Waals surface area contributed by atoms with Crippen LogP contribution in [0.1, 0.15) is 47.1 Å². The van der Waals surface area contributed by atoms with Crippen LogP contribution in [-0.4, -0.2) is 15.1 Å². The minimum absolute atomic E-state index is 0.306. The van der Waals surface area contributed by atoms with Gasteiger partial charge in [-0.05, 0) is 23.2 Å². The lowest BCUT2D eigenvalue weighted by Gasteiger charge is -2.37. The molecule has 0 fully saturated rings. The smallest absolute Gasteiger partial charge is 0.0561 e. The van der Waals surface area contributed by atoms with Crippen molar-refractivity contribution in [1.29, 1.82) is 0 Å². The van der Waals surface area contributed by atoms with Crippen molar-refractivity contribution in [2.24, 2.45) is 5.41 Å². The summed E-state index contributed by atoms with van der Waals surface area (Å²) in [5.41, 5.74) is 1.75. The monoisotopic (exact) mass is 296 g/mol. The first-order chi connectivity index (χ1) is 8.74. The van der Waals surface area contributed by atoms with Crippen LogP contribution in [0.15, 0.2) is 30.3 Å². The van der Waals surface area contributed by atoms with Gasteiger partial charge in [0.15, 0.2) is 0 Å². The van der Waals surface area contributed by atoms with Crippen LogP contribution < -0.4 is 0 Å². The molecule has 0 amide bonds. The zero-order chi connectivity index (χ0) is 14.5. The molecule has 0 aliphatic rings. The normalized spacial score (nSPS) is 14.4. The Morgan fingerprint density at radius 1 is 1.00 bits per heavy atom. The second-order valence-electron chi connectivity index (χ2n) is 6.67. The molecule has 0 bridgehead atoms. The van der Waals surface area contributed by atoms with Gasteiger partial charge in [0, 0.05) is 4.75 Å². The van der Waals surface area contributed by atoms with E-state index in [1.54, 1.807) is 0 Å². The zero-order valence-electron chi connectivity index (χ0n) is 13.2. The molecule has 19 heavy (non-hydrogen) atoms. The summed E-state index contributed by atoms with van der Waals surface area (Å²) in [6.45, 7) is 14.0. The van der Waals surface area contributed by atoms with Crippen molar-refractivity contribution in [1.82, 2.24) is 0 Å². The minimum Gasteiger partial charge on any atom is -0.147 e. The van der Waals surface area contributed by atoms with E-state index in [2.05, 4.69) is 95.4 Å². The van der Waals surface area contributed by atoms with Gasteiger partial charge < -0.3 is 0 Å². The maximum Gasteiger partial charge on any atom is 0.0561 e. The molecule has 0 N–H and O–H groups in total. The second kappa shape index (κ2) is 7.08. The van der Waals surface area contributed by atoms with E-state index in [4.69, 9.17) is 0 Å². The number of hydrogen-bond donors (Lipinski definition) is 0. The Morgan fingerprint density at radius 2 is 1.58 bits per heavy atom. The molecule has 0 spiro atoms. The molecule has 0 nitrogen and oxygen atoms in total.